The van der Waals surface area contributed by atoms with Gasteiger partial charge in [0, 0.05) is 55.8 Å². The van der Waals surface area contributed by atoms with Gasteiger partial charge in [-0.25, -0.2) is 4.79 Å². The minimum absolute atomic E-state index is 0.0803. The molecular formula is C38H43N4O7P. The fourth-order valence-corrected chi connectivity index (χ4v) is 9.01. The van der Waals surface area contributed by atoms with Crippen molar-refractivity contribution in [2.24, 2.45) is 5.41 Å². The summed E-state index contributed by atoms with van der Waals surface area (Å²) in [4.78, 5) is 34.5. The van der Waals surface area contributed by atoms with Crippen molar-refractivity contribution in [2.45, 2.75) is 33.7 Å². The molecular weight excluding hydrogens is 655 g/mol. The molecule has 0 atom stereocenters. The second-order valence-electron chi connectivity index (χ2n) is 13.6. The molecule has 6 rings (SSSR count). The fraction of sp³-hybridized carbons (Fsp3) is 0.368. The van der Waals surface area contributed by atoms with E-state index in [2.05, 4.69) is 63.3 Å². The normalized spacial score (nSPS) is 17.8. The van der Waals surface area contributed by atoms with Crippen molar-refractivity contribution < 1.29 is 28.1 Å². The van der Waals surface area contributed by atoms with Crippen molar-refractivity contribution in [3.8, 4) is 11.1 Å². The number of piperazine rings is 1. The number of carbonyl (C=O) groups excluding carboxylic acids is 1. The summed E-state index contributed by atoms with van der Waals surface area (Å²) < 4.78 is 32.0. The van der Waals surface area contributed by atoms with Crippen molar-refractivity contribution in [3.05, 3.63) is 123 Å². The van der Waals surface area contributed by atoms with Gasteiger partial charge in [0.2, 0.25) is 0 Å². The average molecular weight is 699 g/mol. The zero-order valence-electron chi connectivity index (χ0n) is 28.9. The number of carbonyl (C=O) groups is 1. The Bertz CT molecular complexity index is 1840. The van der Waals surface area contributed by atoms with Crippen LogP contribution in [0.5, 0.6) is 0 Å². The van der Waals surface area contributed by atoms with E-state index >= 15 is 0 Å². The largest absolute Gasteiger partial charge is 0.461 e. The Morgan fingerprint density at radius 2 is 1.52 bits per heavy atom. The number of pyridine rings is 1. The molecule has 3 aromatic carbocycles. The third kappa shape index (κ3) is 7.72. The first kappa shape index (κ1) is 35.6. The Hall–Kier alpha value is -4.25. The van der Waals surface area contributed by atoms with Gasteiger partial charge >= 0.3 is 13.6 Å². The number of non-ortho nitro benzene ring substituents is 1. The molecule has 4 aromatic rings. The topological polar surface area (TPSA) is 124 Å². The molecule has 2 aliphatic rings. The zero-order chi connectivity index (χ0) is 35.5. The molecule has 3 heterocycles. The molecule has 50 heavy (non-hydrogen) atoms. The number of hydrogen-bond donors (Lipinski definition) is 0. The number of nitro groups is 1. The second kappa shape index (κ2) is 14.9. The van der Waals surface area contributed by atoms with Gasteiger partial charge in [-0.2, -0.15) is 0 Å². The molecule has 2 fully saturated rings. The van der Waals surface area contributed by atoms with Gasteiger partial charge in [-0.05, 0) is 30.5 Å². The van der Waals surface area contributed by atoms with Gasteiger partial charge in [-0.1, -0.05) is 86.6 Å². The number of benzene rings is 3. The highest BCUT2D eigenvalue weighted by molar-refractivity contribution is 7.62. The number of esters is 1. The molecule has 0 bridgehead atoms. The predicted octanol–water partition coefficient (Wildman–Crippen LogP) is 6.73. The molecule has 0 aliphatic carbocycles. The quantitative estimate of drug-likeness (QED) is 0.0762. The zero-order valence-corrected chi connectivity index (χ0v) is 29.8. The summed E-state index contributed by atoms with van der Waals surface area (Å²) >= 11 is 0. The van der Waals surface area contributed by atoms with Gasteiger partial charge in [0.25, 0.3) is 5.69 Å². The molecule has 12 heteroatoms. The Morgan fingerprint density at radius 3 is 2.10 bits per heavy atom. The van der Waals surface area contributed by atoms with Crippen LogP contribution in [0.4, 0.5) is 5.69 Å². The highest BCUT2D eigenvalue weighted by Gasteiger charge is 2.43. The summed E-state index contributed by atoms with van der Waals surface area (Å²) in [6.45, 7) is 11.5. The smallest absolute Gasteiger partial charge is 0.363 e. The van der Waals surface area contributed by atoms with Gasteiger partial charge < -0.3 is 13.8 Å². The molecule has 2 aliphatic heterocycles. The molecule has 11 nitrogen and oxygen atoms in total. The van der Waals surface area contributed by atoms with Crippen LogP contribution < -0.4 is 5.30 Å². The first-order chi connectivity index (χ1) is 24.0. The van der Waals surface area contributed by atoms with Crippen LogP contribution in [0, 0.1) is 29.4 Å². The summed E-state index contributed by atoms with van der Waals surface area (Å²) in [6.07, 6.45) is 0. The van der Waals surface area contributed by atoms with Crippen molar-refractivity contribution in [3.63, 3.8) is 0 Å². The lowest BCUT2D eigenvalue weighted by atomic mass is 9.96. The molecule has 0 radical (unpaired) electrons. The number of nitro benzene ring substituents is 1. The Labute approximate surface area is 292 Å². The average Bonchev–Trinajstić information content (AvgIpc) is 3.11. The summed E-state index contributed by atoms with van der Waals surface area (Å²) in [5.41, 5.74) is 3.27. The lowest BCUT2D eigenvalue weighted by Gasteiger charge is -2.39. The van der Waals surface area contributed by atoms with E-state index in [1.165, 1.54) is 29.3 Å². The molecule has 0 unspecified atom stereocenters. The number of hydrogen-bond acceptors (Lipinski definition) is 10. The van der Waals surface area contributed by atoms with E-state index < -0.39 is 18.5 Å². The van der Waals surface area contributed by atoms with Gasteiger partial charge in [0.1, 0.15) is 6.61 Å². The van der Waals surface area contributed by atoms with Crippen molar-refractivity contribution in [2.75, 3.05) is 52.5 Å². The lowest BCUT2D eigenvalue weighted by molar-refractivity contribution is -0.384. The van der Waals surface area contributed by atoms with Crippen LogP contribution in [0.2, 0.25) is 0 Å². The SMILES string of the molecule is Cc1nc(C)c(P2(=O)OCC(C)(C)CO2)c(-c2cccc([N+](=O)[O-])c2)c1C(=O)OCCN1CCN(C(c2ccccc2)c2ccccc2)CC1. The van der Waals surface area contributed by atoms with Crippen molar-refractivity contribution in [1.82, 2.24) is 14.8 Å². The van der Waals surface area contributed by atoms with Crippen LogP contribution in [0.15, 0.2) is 84.9 Å². The monoisotopic (exact) mass is 698 g/mol. The summed E-state index contributed by atoms with van der Waals surface area (Å²) in [5, 5.41) is 11.9. The van der Waals surface area contributed by atoms with Crippen LogP contribution in [-0.4, -0.2) is 78.2 Å². The molecule has 0 saturated carbocycles. The Morgan fingerprint density at radius 1 is 0.920 bits per heavy atom. The molecule has 0 amide bonds. The van der Waals surface area contributed by atoms with Crippen LogP contribution in [-0.2, 0) is 18.3 Å². The van der Waals surface area contributed by atoms with E-state index in [9.17, 15) is 19.5 Å². The Kier molecular flexibility index (Phi) is 10.6. The second-order valence-corrected chi connectivity index (χ2v) is 15.6. The number of aryl methyl sites for hydroxylation is 2. The summed E-state index contributed by atoms with van der Waals surface area (Å²) in [5.74, 6) is -0.659. The van der Waals surface area contributed by atoms with Gasteiger partial charge in [0.15, 0.2) is 0 Å². The van der Waals surface area contributed by atoms with E-state index in [0.29, 0.717) is 23.5 Å². The molecule has 0 N–H and O–H groups in total. The minimum Gasteiger partial charge on any atom is -0.461 e. The first-order valence-electron chi connectivity index (χ1n) is 16.8. The standard InChI is InChI=1S/C38H43N4O7P/c1-27-33(34(31-16-11-17-32(24-31)42(44)45)36(28(2)39-27)50(46)48-25-38(3,4)26-49-50)37(43)47-23-22-40-18-20-41(21-19-40)35(29-12-7-5-8-13-29)30-14-9-6-10-15-30/h5-17,24,35H,18-23,25-26H2,1-4H3. The van der Waals surface area contributed by atoms with E-state index in [1.54, 1.807) is 19.9 Å². The third-order valence-electron chi connectivity index (χ3n) is 9.24. The van der Waals surface area contributed by atoms with Crippen molar-refractivity contribution in [1.29, 1.82) is 0 Å². The maximum absolute atomic E-state index is 14.3. The number of rotatable bonds is 10. The molecule has 1 aromatic heterocycles. The molecule has 2 saturated heterocycles. The van der Waals surface area contributed by atoms with Crippen LogP contribution >= 0.6 is 7.60 Å². The van der Waals surface area contributed by atoms with E-state index in [-0.39, 0.29) is 53.4 Å². The van der Waals surface area contributed by atoms with E-state index in [0.717, 1.165) is 26.2 Å². The van der Waals surface area contributed by atoms with Crippen LogP contribution in [0.1, 0.15) is 52.8 Å². The summed E-state index contributed by atoms with van der Waals surface area (Å²) in [7, 11) is -3.97. The minimum atomic E-state index is -3.97. The summed E-state index contributed by atoms with van der Waals surface area (Å²) in [6, 6.07) is 27.1. The first-order valence-corrected chi connectivity index (χ1v) is 18.4. The number of aromatic nitrogens is 1. The molecule has 262 valence electrons. The van der Waals surface area contributed by atoms with E-state index in [1.807, 2.05) is 26.0 Å². The van der Waals surface area contributed by atoms with E-state index in [4.69, 9.17) is 13.8 Å². The highest BCUT2D eigenvalue weighted by atomic mass is 31.2. The predicted molar refractivity (Wildman–Crippen MR) is 192 cm³/mol. The third-order valence-corrected chi connectivity index (χ3v) is 11.3. The maximum Gasteiger partial charge on any atom is 0.363 e. The van der Waals surface area contributed by atoms with Crippen molar-refractivity contribution >= 4 is 24.6 Å². The highest BCUT2D eigenvalue weighted by Crippen LogP contribution is 2.55. The van der Waals surface area contributed by atoms with Gasteiger partial charge in [-0.3, -0.25) is 29.5 Å². The van der Waals surface area contributed by atoms with Gasteiger partial charge in [-0.15, -0.1) is 0 Å². The van der Waals surface area contributed by atoms with Crippen LogP contribution in [0.3, 0.4) is 0 Å². The fourth-order valence-electron chi connectivity index (χ4n) is 6.68. The number of ether oxygens (including phenoxy) is 1. The van der Waals surface area contributed by atoms with Crippen LogP contribution in [0.25, 0.3) is 11.1 Å². The maximum atomic E-state index is 14.3. The van der Waals surface area contributed by atoms with Gasteiger partial charge in [0.05, 0.1) is 46.4 Å². The molecule has 0 spiro atoms. The Balaban J connectivity index is 1.21. The number of nitrogens with zero attached hydrogens (tertiary/aromatic N) is 4. The lowest BCUT2D eigenvalue weighted by Crippen LogP contribution is -2.48.